The Bertz CT molecular complexity index is 608. The Kier molecular flexibility index (Phi) is 4.15. The number of hydrogen-bond acceptors (Lipinski definition) is 3. The van der Waals surface area contributed by atoms with E-state index in [1.54, 1.807) is 24.3 Å². The van der Waals surface area contributed by atoms with Crippen LogP contribution < -0.4 is 5.32 Å². The lowest BCUT2D eigenvalue weighted by atomic mass is 9.57. The highest BCUT2D eigenvalue weighted by Gasteiger charge is 2.59. The van der Waals surface area contributed by atoms with Crippen LogP contribution in [-0.2, 0) is 16.0 Å². The highest BCUT2D eigenvalue weighted by Crippen LogP contribution is 2.52. The first-order valence-electron chi connectivity index (χ1n) is 8.13. The van der Waals surface area contributed by atoms with Crippen molar-refractivity contribution < 1.29 is 19.4 Å². The van der Waals surface area contributed by atoms with Crippen molar-refractivity contribution >= 4 is 11.9 Å². The zero-order chi connectivity index (χ0) is 16.6. The van der Waals surface area contributed by atoms with Gasteiger partial charge in [0.05, 0.1) is 11.7 Å². The minimum atomic E-state index is -0.935. The summed E-state index contributed by atoms with van der Waals surface area (Å²) < 4.78 is 5.74. The van der Waals surface area contributed by atoms with Crippen molar-refractivity contribution in [2.24, 2.45) is 11.3 Å². The Morgan fingerprint density at radius 1 is 1.30 bits per heavy atom. The molecule has 1 aliphatic carbocycles. The first kappa shape index (κ1) is 16.0. The topological polar surface area (TPSA) is 75.6 Å². The van der Waals surface area contributed by atoms with E-state index in [-0.39, 0.29) is 29.0 Å². The Balaban J connectivity index is 1.51. The van der Waals surface area contributed by atoms with Gasteiger partial charge in [-0.25, -0.2) is 4.79 Å². The van der Waals surface area contributed by atoms with Crippen LogP contribution in [0.3, 0.4) is 0 Å². The zero-order valence-electron chi connectivity index (χ0n) is 13.5. The van der Waals surface area contributed by atoms with E-state index in [0.29, 0.717) is 18.8 Å². The molecule has 5 nitrogen and oxygen atoms in total. The third kappa shape index (κ3) is 2.98. The third-order valence-electron chi connectivity index (χ3n) is 5.26. The fourth-order valence-electron chi connectivity index (χ4n) is 3.93. The Morgan fingerprint density at radius 2 is 2.00 bits per heavy atom. The van der Waals surface area contributed by atoms with Gasteiger partial charge in [0.15, 0.2) is 0 Å². The smallest absolute Gasteiger partial charge is 0.335 e. The van der Waals surface area contributed by atoms with Crippen molar-refractivity contribution in [2.45, 2.75) is 45.3 Å². The van der Waals surface area contributed by atoms with Gasteiger partial charge in [-0.2, -0.15) is 0 Å². The van der Waals surface area contributed by atoms with Crippen LogP contribution in [0.25, 0.3) is 0 Å². The van der Waals surface area contributed by atoms with Gasteiger partial charge in [0.25, 0.3) is 0 Å². The van der Waals surface area contributed by atoms with Crippen molar-refractivity contribution in [1.29, 1.82) is 0 Å². The molecule has 5 heteroatoms. The molecule has 0 unspecified atom stereocenters. The molecule has 124 valence electrons. The minimum Gasteiger partial charge on any atom is -0.478 e. The molecule has 0 aromatic heterocycles. The van der Waals surface area contributed by atoms with Crippen LogP contribution in [0.15, 0.2) is 24.3 Å². The molecule has 23 heavy (non-hydrogen) atoms. The van der Waals surface area contributed by atoms with Crippen molar-refractivity contribution in [3.63, 3.8) is 0 Å². The zero-order valence-corrected chi connectivity index (χ0v) is 13.5. The number of carbonyl (C=O) groups excluding carboxylic acids is 1. The molecule has 1 saturated carbocycles. The number of amides is 1. The minimum absolute atomic E-state index is 0.0000372. The number of carboxylic acid groups (broad SMARTS) is 1. The first-order chi connectivity index (χ1) is 10.9. The molecule has 1 heterocycles. The van der Waals surface area contributed by atoms with Crippen LogP contribution >= 0.6 is 0 Å². The second-order valence-electron chi connectivity index (χ2n) is 7.11. The van der Waals surface area contributed by atoms with E-state index in [2.05, 4.69) is 19.2 Å². The van der Waals surface area contributed by atoms with Gasteiger partial charge in [0, 0.05) is 30.4 Å². The van der Waals surface area contributed by atoms with Gasteiger partial charge in [-0.05, 0) is 30.5 Å². The van der Waals surface area contributed by atoms with E-state index in [1.807, 2.05) is 0 Å². The summed E-state index contributed by atoms with van der Waals surface area (Å²) in [7, 11) is 0. The number of aryl methyl sites for hydroxylation is 1. The summed E-state index contributed by atoms with van der Waals surface area (Å²) in [6, 6.07) is 6.88. The van der Waals surface area contributed by atoms with Crippen molar-refractivity contribution in [1.82, 2.24) is 5.32 Å². The second kappa shape index (κ2) is 5.96. The Hall–Kier alpha value is -1.88. The maximum Gasteiger partial charge on any atom is 0.335 e. The lowest BCUT2D eigenvalue weighted by Gasteiger charge is -2.54. The molecule has 1 aromatic rings. The van der Waals surface area contributed by atoms with Crippen molar-refractivity contribution in [2.75, 3.05) is 6.61 Å². The SMILES string of the molecule is CC1(C)[C@H](NC(=O)CCc2ccc(C(=O)O)cc2)[C@@H]2CCO[C@@H]21. The standard InChI is InChI=1S/C18H23NO4/c1-18(2)15(13-9-10-23-16(13)18)19-14(20)8-5-11-3-6-12(7-4-11)17(21)22/h3-4,6-7,13,15-16H,5,8-10H2,1-2H3,(H,19,20)(H,21,22)/t13-,15+,16-/m0/s1. The van der Waals surface area contributed by atoms with Crippen molar-refractivity contribution in [3.8, 4) is 0 Å². The highest BCUT2D eigenvalue weighted by atomic mass is 16.5. The van der Waals surface area contributed by atoms with Gasteiger partial charge in [0.1, 0.15) is 0 Å². The van der Waals surface area contributed by atoms with Gasteiger partial charge in [-0.15, -0.1) is 0 Å². The van der Waals surface area contributed by atoms with E-state index in [1.165, 1.54) is 0 Å². The number of carboxylic acids is 1. The molecular weight excluding hydrogens is 294 g/mol. The average molecular weight is 317 g/mol. The third-order valence-corrected chi connectivity index (χ3v) is 5.26. The number of hydrogen-bond donors (Lipinski definition) is 2. The van der Waals surface area contributed by atoms with Gasteiger partial charge in [-0.3, -0.25) is 4.79 Å². The number of fused-ring (bicyclic) bond motifs is 1. The van der Waals surface area contributed by atoms with Crippen molar-refractivity contribution in [3.05, 3.63) is 35.4 Å². The molecule has 0 bridgehead atoms. The van der Waals surface area contributed by atoms with E-state index in [0.717, 1.165) is 18.6 Å². The molecule has 0 spiro atoms. The fourth-order valence-corrected chi connectivity index (χ4v) is 3.93. The molecule has 1 aliphatic heterocycles. The molecule has 1 amide bonds. The number of benzene rings is 1. The summed E-state index contributed by atoms with van der Waals surface area (Å²) in [5, 5.41) is 12.0. The Morgan fingerprint density at radius 3 is 2.65 bits per heavy atom. The lowest BCUT2D eigenvalue weighted by Crippen LogP contribution is -2.66. The van der Waals surface area contributed by atoms with E-state index < -0.39 is 5.97 Å². The number of aromatic carboxylic acids is 1. The molecule has 1 aromatic carbocycles. The molecule has 2 fully saturated rings. The number of rotatable bonds is 5. The normalized spacial score (nSPS) is 27.8. The van der Waals surface area contributed by atoms with Gasteiger partial charge in [0.2, 0.25) is 5.91 Å². The van der Waals surface area contributed by atoms with Crippen LogP contribution in [0.2, 0.25) is 0 Å². The van der Waals surface area contributed by atoms with Crippen LogP contribution in [0, 0.1) is 11.3 Å². The monoisotopic (exact) mass is 317 g/mol. The summed E-state index contributed by atoms with van der Waals surface area (Å²) in [4.78, 5) is 23.0. The number of ether oxygens (including phenoxy) is 1. The largest absolute Gasteiger partial charge is 0.478 e. The number of nitrogens with one attached hydrogen (secondary N) is 1. The quantitative estimate of drug-likeness (QED) is 0.873. The summed E-state index contributed by atoms with van der Waals surface area (Å²) in [6.45, 7) is 5.09. The van der Waals surface area contributed by atoms with Crippen LogP contribution in [0.5, 0.6) is 0 Å². The molecular formula is C18H23NO4. The predicted octanol–water partition coefficient (Wildman–Crippen LogP) is 2.25. The van der Waals surface area contributed by atoms with Crippen LogP contribution in [0.4, 0.5) is 0 Å². The Labute approximate surface area is 136 Å². The summed E-state index contributed by atoms with van der Waals surface area (Å²) in [5.74, 6) is -0.436. The lowest BCUT2D eigenvalue weighted by molar-refractivity contribution is -0.137. The second-order valence-corrected chi connectivity index (χ2v) is 7.11. The molecule has 1 saturated heterocycles. The molecule has 2 aliphatic rings. The predicted molar refractivity (Wildman–Crippen MR) is 85.3 cm³/mol. The van der Waals surface area contributed by atoms with Gasteiger partial charge in [-0.1, -0.05) is 26.0 Å². The van der Waals surface area contributed by atoms with Gasteiger partial charge < -0.3 is 15.2 Å². The van der Waals surface area contributed by atoms with E-state index >= 15 is 0 Å². The first-order valence-corrected chi connectivity index (χ1v) is 8.13. The summed E-state index contributed by atoms with van der Waals surface area (Å²) >= 11 is 0. The van der Waals surface area contributed by atoms with E-state index in [4.69, 9.17) is 9.84 Å². The maximum atomic E-state index is 12.2. The molecule has 0 radical (unpaired) electrons. The number of carbonyl (C=O) groups is 2. The highest BCUT2D eigenvalue weighted by molar-refractivity contribution is 5.87. The average Bonchev–Trinajstić information content (AvgIpc) is 2.98. The summed E-state index contributed by atoms with van der Waals surface area (Å²) in [5.41, 5.74) is 1.24. The fraction of sp³-hybridized carbons (Fsp3) is 0.556. The van der Waals surface area contributed by atoms with Gasteiger partial charge >= 0.3 is 5.97 Å². The van der Waals surface area contributed by atoms with Crippen LogP contribution in [0.1, 0.15) is 42.6 Å². The summed E-state index contributed by atoms with van der Waals surface area (Å²) in [6.07, 6.45) is 2.33. The maximum absolute atomic E-state index is 12.2. The molecule has 3 rings (SSSR count). The van der Waals surface area contributed by atoms with Crippen LogP contribution in [-0.4, -0.2) is 35.7 Å². The molecule has 2 N–H and O–H groups in total. The van der Waals surface area contributed by atoms with E-state index in [9.17, 15) is 9.59 Å². The molecule has 3 atom stereocenters.